The van der Waals surface area contributed by atoms with Gasteiger partial charge in [-0.25, -0.2) is 0 Å². The van der Waals surface area contributed by atoms with E-state index in [0.29, 0.717) is 23.3 Å². The SMILES string of the molecule is COc1cc2c(cc1O)C1Cc3cc(OC)c(OC)c(OC)c3CN1C(C)C2. The molecule has 1 N–H and O–H groups in total. The van der Waals surface area contributed by atoms with Crippen molar-refractivity contribution in [3.05, 3.63) is 40.5 Å². The normalized spacial score (nSPS) is 20.6. The Morgan fingerprint density at radius 2 is 1.54 bits per heavy atom. The van der Waals surface area contributed by atoms with Crippen LogP contribution in [0.4, 0.5) is 0 Å². The van der Waals surface area contributed by atoms with Crippen molar-refractivity contribution >= 4 is 0 Å². The molecule has 0 saturated heterocycles. The van der Waals surface area contributed by atoms with Crippen LogP contribution in [0.1, 0.15) is 35.2 Å². The minimum Gasteiger partial charge on any atom is -0.504 e. The summed E-state index contributed by atoms with van der Waals surface area (Å²) in [6.07, 6.45) is 1.72. The van der Waals surface area contributed by atoms with Crippen molar-refractivity contribution in [2.45, 2.75) is 38.4 Å². The van der Waals surface area contributed by atoms with Crippen LogP contribution in [0.25, 0.3) is 0 Å². The van der Waals surface area contributed by atoms with Crippen LogP contribution >= 0.6 is 0 Å². The van der Waals surface area contributed by atoms with E-state index in [1.54, 1.807) is 28.4 Å². The number of methoxy groups -OCH3 is 4. The van der Waals surface area contributed by atoms with E-state index in [1.165, 1.54) is 11.1 Å². The number of fused-ring (bicyclic) bond motifs is 4. The van der Waals surface area contributed by atoms with E-state index >= 15 is 0 Å². The molecule has 6 heteroatoms. The number of phenols is 1. The maximum Gasteiger partial charge on any atom is 0.203 e. The zero-order chi connectivity index (χ0) is 20.0. The van der Waals surface area contributed by atoms with Crippen molar-refractivity contribution in [2.75, 3.05) is 28.4 Å². The first-order valence-electron chi connectivity index (χ1n) is 9.48. The summed E-state index contributed by atoms with van der Waals surface area (Å²) in [7, 11) is 6.53. The van der Waals surface area contributed by atoms with Gasteiger partial charge in [0.15, 0.2) is 23.0 Å². The van der Waals surface area contributed by atoms with Crippen LogP contribution in [0.2, 0.25) is 0 Å². The van der Waals surface area contributed by atoms with E-state index < -0.39 is 0 Å². The van der Waals surface area contributed by atoms with Crippen LogP contribution in [0.5, 0.6) is 28.7 Å². The second-order valence-electron chi connectivity index (χ2n) is 7.45. The molecule has 2 aromatic carbocycles. The van der Waals surface area contributed by atoms with E-state index in [1.807, 2.05) is 12.1 Å². The van der Waals surface area contributed by atoms with Gasteiger partial charge in [0.25, 0.3) is 0 Å². The smallest absolute Gasteiger partial charge is 0.203 e. The van der Waals surface area contributed by atoms with Crippen LogP contribution in [-0.2, 0) is 19.4 Å². The zero-order valence-electron chi connectivity index (χ0n) is 17.0. The summed E-state index contributed by atoms with van der Waals surface area (Å²) in [5.41, 5.74) is 4.73. The number of hydrogen-bond acceptors (Lipinski definition) is 6. The van der Waals surface area contributed by atoms with Crippen molar-refractivity contribution in [1.82, 2.24) is 4.90 Å². The molecule has 2 unspecified atom stereocenters. The summed E-state index contributed by atoms with van der Waals surface area (Å²) >= 11 is 0. The molecular formula is C22H27NO5. The monoisotopic (exact) mass is 385 g/mol. The molecule has 2 aliphatic heterocycles. The van der Waals surface area contributed by atoms with Crippen molar-refractivity contribution in [3.8, 4) is 28.7 Å². The minimum absolute atomic E-state index is 0.186. The topological polar surface area (TPSA) is 60.4 Å². The predicted octanol–water partition coefficient (Wildman–Crippen LogP) is 3.47. The van der Waals surface area contributed by atoms with Gasteiger partial charge in [-0.15, -0.1) is 0 Å². The molecule has 150 valence electrons. The second-order valence-corrected chi connectivity index (χ2v) is 7.45. The van der Waals surface area contributed by atoms with Gasteiger partial charge in [0.1, 0.15) is 0 Å². The average molecular weight is 385 g/mol. The van der Waals surface area contributed by atoms with Gasteiger partial charge in [-0.1, -0.05) is 0 Å². The van der Waals surface area contributed by atoms with E-state index in [4.69, 9.17) is 18.9 Å². The van der Waals surface area contributed by atoms with Gasteiger partial charge in [-0.2, -0.15) is 0 Å². The van der Waals surface area contributed by atoms with Crippen molar-refractivity contribution < 1.29 is 24.1 Å². The van der Waals surface area contributed by atoms with Gasteiger partial charge >= 0.3 is 0 Å². The molecule has 4 rings (SSSR count). The molecule has 0 amide bonds. The number of ether oxygens (including phenoxy) is 4. The Hall–Kier alpha value is -2.60. The number of aromatic hydroxyl groups is 1. The molecule has 0 aliphatic carbocycles. The van der Waals surface area contributed by atoms with Crippen LogP contribution in [0.3, 0.4) is 0 Å². The number of rotatable bonds is 4. The summed E-state index contributed by atoms with van der Waals surface area (Å²) in [5, 5.41) is 10.4. The first-order valence-corrected chi connectivity index (χ1v) is 9.48. The third-order valence-corrected chi connectivity index (χ3v) is 6.06. The van der Waals surface area contributed by atoms with Crippen LogP contribution < -0.4 is 18.9 Å². The zero-order valence-corrected chi connectivity index (χ0v) is 17.0. The summed E-state index contributed by atoms with van der Waals surface area (Å²) in [5.74, 6) is 2.77. The first kappa shape index (κ1) is 18.7. The lowest BCUT2D eigenvalue weighted by Crippen LogP contribution is -2.45. The van der Waals surface area contributed by atoms with Crippen molar-refractivity contribution in [3.63, 3.8) is 0 Å². The fraction of sp³-hybridized carbons (Fsp3) is 0.455. The third-order valence-electron chi connectivity index (χ3n) is 6.06. The molecule has 0 saturated carbocycles. The fourth-order valence-corrected chi connectivity index (χ4v) is 4.70. The summed E-state index contributed by atoms with van der Waals surface area (Å²) in [4.78, 5) is 2.48. The molecule has 2 aromatic rings. The van der Waals surface area contributed by atoms with Crippen LogP contribution in [-0.4, -0.2) is 44.5 Å². The maximum atomic E-state index is 10.4. The molecule has 2 atom stereocenters. The molecule has 0 bridgehead atoms. The molecule has 2 heterocycles. The Balaban J connectivity index is 1.84. The Morgan fingerprint density at radius 1 is 0.857 bits per heavy atom. The van der Waals surface area contributed by atoms with E-state index in [-0.39, 0.29) is 11.8 Å². The third kappa shape index (κ3) is 2.75. The number of nitrogens with zero attached hydrogens (tertiary/aromatic N) is 1. The lowest BCUT2D eigenvalue weighted by Gasteiger charge is -2.45. The Labute approximate surface area is 165 Å². The molecule has 6 nitrogen and oxygen atoms in total. The number of phenolic OH excluding ortho intramolecular Hbond substituents is 1. The quantitative estimate of drug-likeness (QED) is 0.870. The van der Waals surface area contributed by atoms with E-state index in [2.05, 4.69) is 17.9 Å². The van der Waals surface area contributed by atoms with E-state index in [0.717, 1.165) is 36.3 Å². The minimum atomic E-state index is 0.186. The Morgan fingerprint density at radius 3 is 2.18 bits per heavy atom. The summed E-state index contributed by atoms with van der Waals surface area (Å²) < 4.78 is 22.2. The van der Waals surface area contributed by atoms with Gasteiger partial charge in [-0.3, -0.25) is 4.90 Å². The van der Waals surface area contributed by atoms with Crippen molar-refractivity contribution in [1.29, 1.82) is 0 Å². The van der Waals surface area contributed by atoms with Gasteiger partial charge in [-0.05, 0) is 54.7 Å². The molecule has 0 radical (unpaired) electrons. The standard InChI is InChI=1S/C22H27NO5/c1-12-6-13-8-19(25-2)18(24)10-15(13)17-7-14-9-20(26-3)22(28-5)21(27-4)16(14)11-23(12)17/h8-10,12,17,24H,6-7,11H2,1-5H3. The summed E-state index contributed by atoms with van der Waals surface area (Å²) in [6.45, 7) is 3.00. The molecule has 28 heavy (non-hydrogen) atoms. The van der Waals surface area contributed by atoms with Gasteiger partial charge < -0.3 is 24.1 Å². The average Bonchev–Trinajstić information content (AvgIpc) is 2.71. The lowest BCUT2D eigenvalue weighted by atomic mass is 9.81. The number of benzene rings is 2. The lowest BCUT2D eigenvalue weighted by molar-refractivity contribution is 0.103. The highest BCUT2D eigenvalue weighted by atomic mass is 16.5. The van der Waals surface area contributed by atoms with Gasteiger partial charge in [0, 0.05) is 24.2 Å². The van der Waals surface area contributed by atoms with Gasteiger partial charge in [0.05, 0.1) is 28.4 Å². The highest BCUT2D eigenvalue weighted by Gasteiger charge is 2.38. The Kier molecular flexibility index (Phi) is 4.75. The fourth-order valence-electron chi connectivity index (χ4n) is 4.70. The molecule has 2 aliphatic rings. The van der Waals surface area contributed by atoms with Gasteiger partial charge in [0.2, 0.25) is 5.75 Å². The Bertz CT molecular complexity index is 911. The van der Waals surface area contributed by atoms with Crippen LogP contribution in [0, 0.1) is 0 Å². The van der Waals surface area contributed by atoms with E-state index in [9.17, 15) is 5.11 Å². The molecule has 0 fully saturated rings. The predicted molar refractivity (Wildman–Crippen MR) is 106 cm³/mol. The largest absolute Gasteiger partial charge is 0.504 e. The molecular weight excluding hydrogens is 358 g/mol. The van der Waals surface area contributed by atoms with Crippen LogP contribution in [0.15, 0.2) is 18.2 Å². The summed E-state index contributed by atoms with van der Waals surface area (Å²) in [6, 6.07) is 6.43. The maximum absolute atomic E-state index is 10.4. The molecule has 0 spiro atoms. The number of hydrogen-bond donors (Lipinski definition) is 1. The molecule has 0 aromatic heterocycles. The first-order chi connectivity index (χ1) is 13.5. The van der Waals surface area contributed by atoms with Crippen molar-refractivity contribution in [2.24, 2.45) is 0 Å². The second kappa shape index (κ2) is 7.09. The highest BCUT2D eigenvalue weighted by Crippen LogP contribution is 2.49. The highest BCUT2D eigenvalue weighted by molar-refractivity contribution is 5.60.